The van der Waals surface area contributed by atoms with Crippen LogP contribution < -0.4 is 5.32 Å². The summed E-state index contributed by atoms with van der Waals surface area (Å²) >= 11 is 0. The third-order valence-electron chi connectivity index (χ3n) is 5.46. The lowest BCUT2D eigenvalue weighted by atomic mass is 10.0. The van der Waals surface area contributed by atoms with Crippen molar-refractivity contribution in [2.45, 2.75) is 12.5 Å². The highest BCUT2D eigenvalue weighted by Gasteiger charge is 2.23. The number of hydrogen-bond acceptors (Lipinski definition) is 3. The number of nitrogens with one attached hydrogen (secondary N) is 1. The zero-order chi connectivity index (χ0) is 20.1. The normalized spacial score (nSPS) is 15.9. The molecule has 1 saturated heterocycles. The number of carbonyl (C=O) groups excluding carboxylic acids is 1. The standard InChI is InChI=1S/C24H25FN2O2/c25-21-10-8-19(9-11-21)23(27-12-14-29-15-13-27)17-26-24(28)16-20-6-3-5-18-4-1-2-7-22(18)20/h1-11,23H,12-17H2,(H,26,28). The maximum Gasteiger partial charge on any atom is 0.224 e. The molecule has 29 heavy (non-hydrogen) atoms. The van der Waals surface area contributed by atoms with Crippen molar-refractivity contribution in [1.82, 2.24) is 10.2 Å². The first-order valence-electron chi connectivity index (χ1n) is 10.0. The largest absolute Gasteiger partial charge is 0.379 e. The van der Waals surface area contributed by atoms with Gasteiger partial charge in [0.1, 0.15) is 5.82 Å². The van der Waals surface area contributed by atoms with Gasteiger partial charge in [-0.05, 0) is 34.0 Å². The predicted octanol–water partition coefficient (Wildman–Crippen LogP) is 3.71. The van der Waals surface area contributed by atoms with E-state index in [1.54, 1.807) is 12.1 Å². The van der Waals surface area contributed by atoms with E-state index in [0.29, 0.717) is 26.2 Å². The molecule has 1 unspecified atom stereocenters. The van der Waals surface area contributed by atoms with Crippen molar-refractivity contribution in [1.29, 1.82) is 0 Å². The van der Waals surface area contributed by atoms with Gasteiger partial charge in [0.25, 0.3) is 0 Å². The molecule has 1 atom stereocenters. The van der Waals surface area contributed by atoms with Gasteiger partial charge in [-0.3, -0.25) is 9.69 Å². The van der Waals surface area contributed by atoms with Gasteiger partial charge in [-0.2, -0.15) is 0 Å². The quantitative estimate of drug-likeness (QED) is 0.695. The molecule has 5 heteroatoms. The van der Waals surface area contributed by atoms with Crippen LogP contribution in [0.5, 0.6) is 0 Å². The van der Waals surface area contributed by atoms with E-state index in [1.807, 2.05) is 30.3 Å². The van der Waals surface area contributed by atoms with Gasteiger partial charge in [0, 0.05) is 19.6 Å². The molecule has 1 amide bonds. The second-order valence-corrected chi connectivity index (χ2v) is 7.33. The van der Waals surface area contributed by atoms with Crippen LogP contribution in [0.15, 0.2) is 66.7 Å². The van der Waals surface area contributed by atoms with Crippen LogP contribution in [0.1, 0.15) is 17.2 Å². The zero-order valence-electron chi connectivity index (χ0n) is 16.3. The summed E-state index contributed by atoms with van der Waals surface area (Å²) < 4.78 is 18.8. The van der Waals surface area contributed by atoms with Gasteiger partial charge in [-0.15, -0.1) is 0 Å². The van der Waals surface area contributed by atoms with E-state index in [-0.39, 0.29) is 17.8 Å². The van der Waals surface area contributed by atoms with Crippen LogP contribution in [0.25, 0.3) is 10.8 Å². The first-order chi connectivity index (χ1) is 14.2. The van der Waals surface area contributed by atoms with E-state index in [9.17, 15) is 9.18 Å². The minimum Gasteiger partial charge on any atom is -0.379 e. The molecule has 1 N–H and O–H groups in total. The maximum absolute atomic E-state index is 13.4. The zero-order valence-corrected chi connectivity index (χ0v) is 16.3. The number of carbonyl (C=O) groups is 1. The Kier molecular flexibility index (Phi) is 6.17. The Morgan fingerprint density at radius 2 is 1.72 bits per heavy atom. The molecule has 1 fully saturated rings. The summed E-state index contributed by atoms with van der Waals surface area (Å²) in [5.41, 5.74) is 2.02. The lowest BCUT2D eigenvalue weighted by Crippen LogP contribution is -2.44. The van der Waals surface area contributed by atoms with Gasteiger partial charge >= 0.3 is 0 Å². The second-order valence-electron chi connectivity index (χ2n) is 7.33. The Labute approximate surface area is 170 Å². The highest BCUT2D eigenvalue weighted by molar-refractivity contribution is 5.90. The Balaban J connectivity index is 1.46. The Morgan fingerprint density at radius 1 is 1.00 bits per heavy atom. The number of morpholine rings is 1. The van der Waals surface area contributed by atoms with Crippen LogP contribution >= 0.6 is 0 Å². The lowest BCUT2D eigenvalue weighted by Gasteiger charge is -2.35. The van der Waals surface area contributed by atoms with Crippen molar-refractivity contribution in [2.24, 2.45) is 0 Å². The summed E-state index contributed by atoms with van der Waals surface area (Å²) in [5, 5.41) is 5.33. The van der Waals surface area contributed by atoms with Crippen molar-refractivity contribution in [3.63, 3.8) is 0 Å². The Bertz CT molecular complexity index is 963. The van der Waals surface area contributed by atoms with Crippen LogP contribution in [0.4, 0.5) is 4.39 Å². The van der Waals surface area contributed by atoms with E-state index >= 15 is 0 Å². The number of benzene rings is 3. The molecule has 1 heterocycles. The van der Waals surface area contributed by atoms with E-state index in [2.05, 4.69) is 22.3 Å². The Morgan fingerprint density at radius 3 is 2.52 bits per heavy atom. The van der Waals surface area contributed by atoms with Gasteiger partial charge in [-0.1, -0.05) is 54.6 Å². The fourth-order valence-corrected chi connectivity index (χ4v) is 3.92. The second kappa shape index (κ2) is 9.16. The van der Waals surface area contributed by atoms with E-state index in [1.165, 1.54) is 12.1 Å². The molecule has 0 bridgehead atoms. The SMILES string of the molecule is O=C(Cc1cccc2ccccc12)NCC(c1ccc(F)cc1)N1CCOCC1. The maximum atomic E-state index is 13.4. The number of halogens is 1. The van der Waals surface area contributed by atoms with Gasteiger partial charge in [0.15, 0.2) is 0 Å². The summed E-state index contributed by atoms with van der Waals surface area (Å²) in [7, 11) is 0. The fourth-order valence-electron chi connectivity index (χ4n) is 3.92. The van der Waals surface area contributed by atoms with Crippen LogP contribution in [-0.4, -0.2) is 43.7 Å². The highest BCUT2D eigenvalue weighted by atomic mass is 19.1. The van der Waals surface area contributed by atoms with Crippen molar-refractivity contribution >= 4 is 16.7 Å². The van der Waals surface area contributed by atoms with Crippen LogP contribution in [0, 0.1) is 5.82 Å². The number of nitrogens with zero attached hydrogens (tertiary/aromatic N) is 1. The molecule has 4 rings (SSSR count). The molecule has 150 valence electrons. The third-order valence-corrected chi connectivity index (χ3v) is 5.46. The van der Waals surface area contributed by atoms with Gasteiger partial charge in [0.2, 0.25) is 5.91 Å². The van der Waals surface area contributed by atoms with Gasteiger partial charge < -0.3 is 10.1 Å². The summed E-state index contributed by atoms with van der Waals surface area (Å²) in [4.78, 5) is 15.0. The predicted molar refractivity (Wildman–Crippen MR) is 112 cm³/mol. The van der Waals surface area contributed by atoms with Crippen molar-refractivity contribution in [3.05, 3.63) is 83.7 Å². The molecule has 3 aromatic rings. The smallest absolute Gasteiger partial charge is 0.224 e. The number of rotatable bonds is 6. The molecule has 3 aromatic carbocycles. The fraction of sp³-hybridized carbons (Fsp3) is 0.292. The third kappa shape index (κ3) is 4.81. The summed E-state index contributed by atoms with van der Waals surface area (Å²) in [6.07, 6.45) is 0.334. The highest BCUT2D eigenvalue weighted by Crippen LogP contribution is 2.22. The summed E-state index contributed by atoms with van der Waals surface area (Å²) in [6, 6.07) is 20.7. The molecule has 1 aliphatic heterocycles. The molecular formula is C24H25FN2O2. The average Bonchev–Trinajstić information content (AvgIpc) is 2.76. The average molecular weight is 392 g/mol. The first-order valence-corrected chi connectivity index (χ1v) is 10.0. The van der Waals surface area contributed by atoms with Crippen molar-refractivity contribution < 1.29 is 13.9 Å². The van der Waals surface area contributed by atoms with E-state index in [0.717, 1.165) is 35.0 Å². The molecule has 0 radical (unpaired) electrons. The van der Waals surface area contributed by atoms with Gasteiger partial charge in [0.05, 0.1) is 25.7 Å². The molecule has 0 aromatic heterocycles. The molecular weight excluding hydrogens is 367 g/mol. The van der Waals surface area contributed by atoms with Crippen molar-refractivity contribution in [3.8, 4) is 0 Å². The minimum atomic E-state index is -0.255. The van der Waals surface area contributed by atoms with E-state index < -0.39 is 0 Å². The number of fused-ring (bicyclic) bond motifs is 1. The topological polar surface area (TPSA) is 41.6 Å². The van der Waals surface area contributed by atoms with Crippen LogP contribution in [0.3, 0.4) is 0 Å². The summed E-state index contributed by atoms with van der Waals surface area (Å²) in [5.74, 6) is -0.267. The molecule has 0 saturated carbocycles. The molecule has 0 spiro atoms. The first kappa shape index (κ1) is 19.6. The Hall–Kier alpha value is -2.76. The van der Waals surface area contributed by atoms with Crippen LogP contribution in [-0.2, 0) is 16.0 Å². The lowest BCUT2D eigenvalue weighted by molar-refractivity contribution is -0.120. The van der Waals surface area contributed by atoms with E-state index in [4.69, 9.17) is 4.74 Å². The monoisotopic (exact) mass is 392 g/mol. The molecule has 0 aliphatic carbocycles. The van der Waals surface area contributed by atoms with Gasteiger partial charge in [-0.25, -0.2) is 4.39 Å². The number of ether oxygens (including phenoxy) is 1. The minimum absolute atomic E-state index is 0.00373. The molecule has 4 nitrogen and oxygen atoms in total. The van der Waals surface area contributed by atoms with Crippen molar-refractivity contribution in [2.75, 3.05) is 32.8 Å². The summed E-state index contributed by atoms with van der Waals surface area (Å²) in [6.45, 7) is 3.40. The number of hydrogen-bond donors (Lipinski definition) is 1. The van der Waals surface area contributed by atoms with Crippen LogP contribution in [0.2, 0.25) is 0 Å². The molecule has 1 aliphatic rings. The number of amides is 1.